The summed E-state index contributed by atoms with van der Waals surface area (Å²) in [6.45, 7) is 2.77. The van der Waals surface area contributed by atoms with Crippen molar-refractivity contribution in [3.63, 3.8) is 0 Å². The van der Waals surface area contributed by atoms with Crippen LogP contribution >= 0.6 is 0 Å². The second kappa shape index (κ2) is 14.3. The summed E-state index contributed by atoms with van der Waals surface area (Å²) in [6.07, 6.45) is 2.31. The van der Waals surface area contributed by atoms with Gasteiger partial charge in [-0.3, -0.25) is 14.4 Å². The SMILES string of the molecule is CCC(C)C(NC(=O)C(N)Cc1ccc(O)cc1)C(=O)NC(CO)C(=O)NC(Cc1c[nH]c2ccccc12)C(=O)O. The molecule has 0 saturated heterocycles. The second-order valence-corrected chi connectivity index (χ2v) is 10.1. The van der Waals surface area contributed by atoms with Crippen LogP contribution in [0.1, 0.15) is 31.4 Å². The van der Waals surface area contributed by atoms with Crippen molar-refractivity contribution >= 4 is 34.6 Å². The Morgan fingerprint density at radius 2 is 1.56 bits per heavy atom. The summed E-state index contributed by atoms with van der Waals surface area (Å²) < 4.78 is 0. The first-order valence-corrected chi connectivity index (χ1v) is 13.4. The molecule has 3 rings (SSSR count). The molecule has 41 heavy (non-hydrogen) atoms. The first-order valence-electron chi connectivity index (χ1n) is 13.4. The molecule has 220 valence electrons. The molecule has 0 spiro atoms. The second-order valence-electron chi connectivity index (χ2n) is 10.1. The van der Waals surface area contributed by atoms with Gasteiger partial charge in [0.05, 0.1) is 12.6 Å². The van der Waals surface area contributed by atoms with Gasteiger partial charge in [-0.05, 0) is 41.7 Å². The highest BCUT2D eigenvalue weighted by Crippen LogP contribution is 2.19. The molecule has 3 aromatic rings. The molecule has 5 atom stereocenters. The lowest BCUT2D eigenvalue weighted by molar-refractivity contribution is -0.142. The molecule has 1 aromatic heterocycles. The van der Waals surface area contributed by atoms with Crippen molar-refractivity contribution in [3.8, 4) is 5.75 Å². The minimum Gasteiger partial charge on any atom is -0.508 e. The van der Waals surface area contributed by atoms with Crippen LogP contribution in [0.4, 0.5) is 0 Å². The third-order valence-corrected chi connectivity index (χ3v) is 7.05. The number of H-pyrrole nitrogens is 1. The minimum absolute atomic E-state index is 0.0261. The molecule has 0 aliphatic rings. The van der Waals surface area contributed by atoms with E-state index < -0.39 is 54.5 Å². The third kappa shape index (κ3) is 8.29. The van der Waals surface area contributed by atoms with Crippen LogP contribution < -0.4 is 21.7 Å². The number of aliphatic hydroxyl groups is 1. The number of hydrogen-bond donors (Lipinski definition) is 8. The molecule has 12 nitrogen and oxygen atoms in total. The monoisotopic (exact) mass is 567 g/mol. The highest BCUT2D eigenvalue weighted by atomic mass is 16.4. The van der Waals surface area contributed by atoms with Gasteiger partial charge < -0.3 is 42.0 Å². The number of hydrogen-bond acceptors (Lipinski definition) is 7. The van der Waals surface area contributed by atoms with E-state index >= 15 is 0 Å². The number of rotatable bonds is 14. The van der Waals surface area contributed by atoms with Crippen molar-refractivity contribution < 1.29 is 34.5 Å². The summed E-state index contributed by atoms with van der Waals surface area (Å²) >= 11 is 0. The van der Waals surface area contributed by atoms with Gasteiger partial charge in [0.25, 0.3) is 0 Å². The topological polar surface area (TPSA) is 207 Å². The predicted molar refractivity (Wildman–Crippen MR) is 152 cm³/mol. The van der Waals surface area contributed by atoms with Crippen molar-refractivity contribution in [2.75, 3.05) is 6.61 Å². The molecule has 0 radical (unpaired) electrons. The largest absolute Gasteiger partial charge is 0.508 e. The Kier molecular flexibility index (Phi) is 10.8. The number of aliphatic carboxylic acids is 1. The Bertz CT molecular complexity index is 1360. The maximum Gasteiger partial charge on any atom is 0.326 e. The normalized spacial score (nSPS) is 14.8. The molecule has 0 aliphatic heterocycles. The number of para-hydroxylation sites is 1. The van der Waals surface area contributed by atoms with E-state index in [1.165, 1.54) is 12.1 Å². The summed E-state index contributed by atoms with van der Waals surface area (Å²) in [5, 5.41) is 37.3. The van der Waals surface area contributed by atoms with Gasteiger partial charge in [0.15, 0.2) is 0 Å². The van der Waals surface area contributed by atoms with Crippen LogP contribution in [-0.4, -0.2) is 74.8 Å². The Morgan fingerprint density at radius 1 is 0.902 bits per heavy atom. The van der Waals surface area contributed by atoms with Crippen molar-refractivity contribution in [1.82, 2.24) is 20.9 Å². The van der Waals surface area contributed by atoms with E-state index in [4.69, 9.17) is 5.73 Å². The number of phenolic OH excluding ortho intramolecular Hbond substituents is 1. The van der Waals surface area contributed by atoms with Crippen molar-refractivity contribution in [3.05, 3.63) is 65.9 Å². The fourth-order valence-corrected chi connectivity index (χ4v) is 4.39. The summed E-state index contributed by atoms with van der Waals surface area (Å²) in [4.78, 5) is 54.0. The molecule has 12 heteroatoms. The quantitative estimate of drug-likeness (QED) is 0.138. The third-order valence-electron chi connectivity index (χ3n) is 7.05. The molecule has 0 bridgehead atoms. The number of fused-ring (bicyclic) bond motifs is 1. The predicted octanol–water partition coefficient (Wildman–Crippen LogP) is 0.563. The van der Waals surface area contributed by atoms with Crippen LogP contribution in [0, 0.1) is 5.92 Å². The van der Waals surface area contributed by atoms with Crippen LogP contribution in [0.15, 0.2) is 54.7 Å². The average Bonchev–Trinajstić information content (AvgIpc) is 3.37. The Labute approximate surface area is 237 Å². The minimum atomic E-state index is -1.46. The van der Waals surface area contributed by atoms with Gasteiger partial charge in [0.2, 0.25) is 17.7 Å². The molecule has 9 N–H and O–H groups in total. The number of carboxylic acid groups (broad SMARTS) is 1. The molecule has 0 fully saturated rings. The van der Waals surface area contributed by atoms with E-state index in [1.54, 1.807) is 25.3 Å². The lowest BCUT2D eigenvalue weighted by Crippen LogP contribution is -2.59. The highest BCUT2D eigenvalue weighted by molar-refractivity contribution is 5.94. The highest BCUT2D eigenvalue weighted by Gasteiger charge is 2.32. The molecule has 5 unspecified atom stereocenters. The van der Waals surface area contributed by atoms with Crippen LogP contribution in [-0.2, 0) is 32.0 Å². The van der Waals surface area contributed by atoms with E-state index in [9.17, 15) is 34.5 Å². The van der Waals surface area contributed by atoms with Gasteiger partial charge in [-0.15, -0.1) is 0 Å². The number of carboxylic acids is 1. The van der Waals surface area contributed by atoms with E-state index in [0.717, 1.165) is 10.9 Å². The Morgan fingerprint density at radius 3 is 2.20 bits per heavy atom. The first-order chi connectivity index (χ1) is 19.5. The fourth-order valence-electron chi connectivity index (χ4n) is 4.39. The number of phenols is 1. The fraction of sp³-hybridized carbons (Fsp3) is 0.379. The number of aromatic hydroxyl groups is 1. The van der Waals surface area contributed by atoms with Gasteiger partial charge in [-0.1, -0.05) is 50.6 Å². The van der Waals surface area contributed by atoms with Crippen molar-refractivity contribution in [1.29, 1.82) is 0 Å². The number of aromatic nitrogens is 1. The number of carbonyl (C=O) groups is 4. The zero-order valence-corrected chi connectivity index (χ0v) is 23.0. The first kappa shape index (κ1) is 31.1. The van der Waals surface area contributed by atoms with E-state index in [1.807, 2.05) is 31.2 Å². The lowest BCUT2D eigenvalue weighted by Gasteiger charge is -2.27. The van der Waals surface area contributed by atoms with E-state index in [-0.39, 0.29) is 24.5 Å². The molecular formula is C29H37N5O7. The Balaban J connectivity index is 1.65. The molecule has 2 aromatic carbocycles. The zero-order chi connectivity index (χ0) is 30.1. The molecule has 3 amide bonds. The smallest absolute Gasteiger partial charge is 0.326 e. The van der Waals surface area contributed by atoms with Crippen LogP contribution in [0.2, 0.25) is 0 Å². The van der Waals surface area contributed by atoms with Crippen molar-refractivity contribution in [2.45, 2.75) is 57.3 Å². The molecular weight excluding hydrogens is 530 g/mol. The number of nitrogens with two attached hydrogens (primary N) is 1. The maximum atomic E-state index is 13.2. The average molecular weight is 568 g/mol. The summed E-state index contributed by atoms with van der Waals surface area (Å²) in [6, 6.07) is 8.72. The zero-order valence-electron chi connectivity index (χ0n) is 23.0. The molecule has 0 aliphatic carbocycles. The van der Waals surface area contributed by atoms with E-state index in [0.29, 0.717) is 17.5 Å². The van der Waals surface area contributed by atoms with Crippen LogP contribution in [0.3, 0.4) is 0 Å². The van der Waals surface area contributed by atoms with Crippen LogP contribution in [0.25, 0.3) is 10.9 Å². The molecule has 0 saturated carbocycles. The summed E-state index contributed by atoms with van der Waals surface area (Å²) in [5.74, 6) is -3.74. The number of aromatic amines is 1. The van der Waals surface area contributed by atoms with Crippen molar-refractivity contribution in [2.24, 2.45) is 11.7 Å². The van der Waals surface area contributed by atoms with Gasteiger partial charge >= 0.3 is 5.97 Å². The Hall–Kier alpha value is -4.42. The van der Waals surface area contributed by atoms with E-state index in [2.05, 4.69) is 20.9 Å². The maximum absolute atomic E-state index is 13.2. The summed E-state index contributed by atoms with van der Waals surface area (Å²) in [5.41, 5.74) is 8.27. The number of benzene rings is 2. The number of aliphatic hydroxyl groups excluding tert-OH is 1. The van der Waals surface area contributed by atoms with Gasteiger partial charge in [-0.25, -0.2) is 4.79 Å². The number of carbonyl (C=O) groups excluding carboxylic acids is 3. The standard InChI is InChI=1S/C29H37N5O7/c1-3-16(2)25(34-26(37)21(30)12-17-8-10-19(36)11-9-17)28(39)33-24(15-35)27(38)32-23(29(40)41)13-18-14-31-22-7-5-4-6-20(18)22/h4-11,14,16,21,23-25,31,35-36H,3,12-13,15,30H2,1-2H3,(H,32,38)(H,33,39)(H,34,37)(H,40,41). The number of amides is 3. The van der Waals surface area contributed by atoms with Gasteiger partial charge in [0, 0.05) is 23.5 Å². The van der Waals surface area contributed by atoms with Gasteiger partial charge in [0.1, 0.15) is 23.9 Å². The summed E-state index contributed by atoms with van der Waals surface area (Å²) in [7, 11) is 0. The van der Waals surface area contributed by atoms with Gasteiger partial charge in [-0.2, -0.15) is 0 Å². The lowest BCUT2D eigenvalue weighted by atomic mass is 9.97. The number of nitrogens with one attached hydrogen (secondary N) is 4. The van der Waals surface area contributed by atoms with Crippen LogP contribution in [0.5, 0.6) is 5.75 Å². The molecule has 1 heterocycles.